The van der Waals surface area contributed by atoms with Crippen molar-refractivity contribution in [1.82, 2.24) is 4.98 Å². The van der Waals surface area contributed by atoms with E-state index in [-0.39, 0.29) is 16.9 Å². The van der Waals surface area contributed by atoms with Gasteiger partial charge in [0.1, 0.15) is 0 Å². The van der Waals surface area contributed by atoms with Gasteiger partial charge in [0.05, 0.1) is 29.0 Å². The molecule has 9 nitrogen and oxygen atoms in total. The van der Waals surface area contributed by atoms with Gasteiger partial charge in [0.15, 0.2) is 0 Å². The van der Waals surface area contributed by atoms with Crippen molar-refractivity contribution in [2.45, 2.75) is 0 Å². The molecule has 1 aromatic carbocycles. The van der Waals surface area contributed by atoms with E-state index in [1.807, 2.05) is 0 Å². The average molecular weight is 299 g/mol. The Bertz CT molecular complexity index is 782. The number of ether oxygens (including phenoxy) is 1. The van der Waals surface area contributed by atoms with Crippen LogP contribution in [-0.2, 0) is 4.74 Å². The fourth-order valence-electron chi connectivity index (χ4n) is 1.76. The predicted octanol–water partition coefficient (Wildman–Crippen LogP) is 3.39. The number of nitro benzene ring substituents is 1. The molecule has 0 unspecified atom stereocenters. The van der Waals surface area contributed by atoms with Crippen molar-refractivity contribution >= 4 is 17.3 Å². The van der Waals surface area contributed by atoms with Crippen molar-refractivity contribution in [2.75, 3.05) is 7.11 Å². The molecule has 0 aliphatic heterocycles. The van der Waals surface area contributed by atoms with E-state index < -0.39 is 10.9 Å². The summed E-state index contributed by atoms with van der Waals surface area (Å²) in [4.78, 5) is 28.5. The maximum atomic E-state index is 11.7. The second-order valence-electron chi connectivity index (χ2n) is 4.07. The molecule has 0 fully saturated rings. The lowest BCUT2D eigenvalue weighted by Crippen LogP contribution is -2.02. The van der Waals surface area contributed by atoms with Crippen LogP contribution in [0, 0.1) is 10.1 Å². The Morgan fingerprint density at radius 3 is 2.64 bits per heavy atom. The number of nitro groups is 1. The van der Waals surface area contributed by atoms with Crippen molar-refractivity contribution in [1.29, 1.82) is 0 Å². The van der Waals surface area contributed by atoms with Crippen LogP contribution in [-0.4, -0.2) is 23.0 Å². The van der Waals surface area contributed by atoms with Gasteiger partial charge in [-0.2, -0.15) is 0 Å². The van der Waals surface area contributed by atoms with Crippen molar-refractivity contribution in [3.8, 4) is 11.3 Å². The Kier molecular flexibility index (Phi) is 4.30. The quantitative estimate of drug-likeness (QED) is 0.213. The van der Waals surface area contributed by atoms with E-state index in [1.54, 1.807) is 0 Å². The minimum atomic E-state index is -0.673. The summed E-state index contributed by atoms with van der Waals surface area (Å²) in [5, 5.41) is 14.0. The highest BCUT2D eigenvalue weighted by Gasteiger charge is 2.14. The summed E-state index contributed by atoms with van der Waals surface area (Å²) < 4.78 is 4.63. The summed E-state index contributed by atoms with van der Waals surface area (Å²) in [6.45, 7) is 0. The zero-order chi connectivity index (χ0) is 16.1. The molecule has 1 heterocycles. The molecule has 0 aliphatic rings. The maximum absolute atomic E-state index is 11.7. The average Bonchev–Trinajstić information content (AvgIpc) is 2.55. The molecule has 22 heavy (non-hydrogen) atoms. The number of azide groups is 1. The monoisotopic (exact) mass is 299 g/mol. The van der Waals surface area contributed by atoms with E-state index in [0.717, 1.165) is 0 Å². The van der Waals surface area contributed by atoms with Crippen LogP contribution in [0.3, 0.4) is 0 Å². The number of hydrogen-bond donors (Lipinski definition) is 0. The Balaban J connectivity index is 2.50. The van der Waals surface area contributed by atoms with E-state index in [4.69, 9.17) is 5.53 Å². The number of methoxy groups -OCH3 is 1. The first kappa shape index (κ1) is 14.9. The third-order valence-corrected chi connectivity index (χ3v) is 2.81. The lowest BCUT2D eigenvalue weighted by Gasteiger charge is -2.06. The van der Waals surface area contributed by atoms with Gasteiger partial charge < -0.3 is 4.74 Å². The number of hydrogen-bond acceptors (Lipinski definition) is 6. The number of nitrogens with zero attached hydrogens (tertiary/aromatic N) is 5. The van der Waals surface area contributed by atoms with Gasteiger partial charge in [0.25, 0.3) is 5.69 Å². The summed E-state index contributed by atoms with van der Waals surface area (Å²) in [5.41, 5.74) is 9.50. The molecule has 1 aromatic heterocycles. The molecule has 0 spiro atoms. The number of esters is 1. The number of carbonyl (C=O) groups excluding carboxylic acids is 1. The van der Waals surface area contributed by atoms with Crippen molar-refractivity contribution in [3.63, 3.8) is 0 Å². The van der Waals surface area contributed by atoms with Gasteiger partial charge in [-0.05, 0) is 23.7 Å². The molecular formula is C13H9N5O4. The fraction of sp³-hybridized carbons (Fsp3) is 0.0769. The lowest BCUT2D eigenvalue weighted by molar-refractivity contribution is -0.384. The molecule has 2 rings (SSSR count). The summed E-state index contributed by atoms with van der Waals surface area (Å²) in [7, 11) is 1.20. The van der Waals surface area contributed by atoms with Crippen LogP contribution >= 0.6 is 0 Å². The number of aromatic nitrogens is 1. The van der Waals surface area contributed by atoms with E-state index in [1.165, 1.54) is 43.6 Å². The van der Waals surface area contributed by atoms with Gasteiger partial charge in [-0.1, -0.05) is 5.11 Å². The van der Waals surface area contributed by atoms with E-state index in [0.29, 0.717) is 11.3 Å². The SMILES string of the molecule is COC(=O)c1cc(-c2ccc([N+](=O)[O-])cc2)ncc1N=[N+]=[N-]. The number of non-ortho nitro benzene ring substituents is 1. The zero-order valence-corrected chi connectivity index (χ0v) is 11.3. The van der Waals surface area contributed by atoms with Crippen LogP contribution < -0.4 is 0 Å². The predicted molar refractivity (Wildman–Crippen MR) is 76.5 cm³/mol. The number of rotatable bonds is 4. The topological polar surface area (TPSA) is 131 Å². The summed E-state index contributed by atoms with van der Waals surface area (Å²) in [6.07, 6.45) is 1.24. The summed E-state index contributed by atoms with van der Waals surface area (Å²) >= 11 is 0. The molecule has 2 aromatic rings. The van der Waals surface area contributed by atoms with E-state index in [2.05, 4.69) is 19.7 Å². The Morgan fingerprint density at radius 2 is 2.09 bits per heavy atom. The molecule has 0 saturated heterocycles. The summed E-state index contributed by atoms with van der Waals surface area (Å²) in [5.74, 6) is -0.673. The normalized spacial score (nSPS) is 9.68. The van der Waals surface area contributed by atoms with Crippen molar-refractivity contribution < 1.29 is 14.5 Å². The molecule has 0 bridgehead atoms. The van der Waals surface area contributed by atoms with E-state index in [9.17, 15) is 14.9 Å². The van der Waals surface area contributed by atoms with Crippen molar-refractivity contribution in [3.05, 3.63) is 62.6 Å². The maximum Gasteiger partial charge on any atom is 0.338 e. The minimum Gasteiger partial charge on any atom is -0.465 e. The molecule has 9 heteroatoms. The third-order valence-electron chi connectivity index (χ3n) is 2.81. The molecule has 0 aliphatic carbocycles. The van der Waals surface area contributed by atoms with E-state index >= 15 is 0 Å². The summed E-state index contributed by atoms with van der Waals surface area (Å²) in [6, 6.07) is 7.08. The van der Waals surface area contributed by atoms with Gasteiger partial charge in [-0.25, -0.2) is 4.79 Å². The van der Waals surface area contributed by atoms with Crippen LogP contribution in [0.25, 0.3) is 21.7 Å². The van der Waals surface area contributed by atoms with Crippen LogP contribution in [0.1, 0.15) is 10.4 Å². The van der Waals surface area contributed by atoms with Gasteiger partial charge in [-0.3, -0.25) is 15.1 Å². The van der Waals surface area contributed by atoms with Crippen LogP contribution in [0.2, 0.25) is 0 Å². The minimum absolute atomic E-state index is 0.0417. The first-order valence-corrected chi connectivity index (χ1v) is 5.95. The largest absolute Gasteiger partial charge is 0.465 e. The first-order chi connectivity index (χ1) is 10.6. The van der Waals surface area contributed by atoms with Crippen LogP contribution in [0.4, 0.5) is 11.4 Å². The second-order valence-corrected chi connectivity index (χ2v) is 4.07. The van der Waals surface area contributed by atoms with Crippen LogP contribution in [0.15, 0.2) is 41.6 Å². The first-order valence-electron chi connectivity index (χ1n) is 5.95. The molecular weight excluding hydrogens is 290 g/mol. The molecule has 0 amide bonds. The number of benzene rings is 1. The third kappa shape index (κ3) is 3.00. The number of pyridine rings is 1. The smallest absolute Gasteiger partial charge is 0.338 e. The fourth-order valence-corrected chi connectivity index (χ4v) is 1.76. The lowest BCUT2D eigenvalue weighted by atomic mass is 10.1. The van der Waals surface area contributed by atoms with Gasteiger partial charge in [-0.15, -0.1) is 0 Å². The molecule has 0 saturated carbocycles. The van der Waals surface area contributed by atoms with Gasteiger partial charge in [0, 0.05) is 28.8 Å². The highest BCUT2D eigenvalue weighted by atomic mass is 16.6. The van der Waals surface area contributed by atoms with Crippen molar-refractivity contribution in [2.24, 2.45) is 5.11 Å². The van der Waals surface area contributed by atoms with Crippen LogP contribution in [0.5, 0.6) is 0 Å². The Morgan fingerprint density at radius 1 is 1.41 bits per heavy atom. The molecule has 0 atom stereocenters. The standard InChI is InChI=1S/C13H9N5O4/c1-22-13(19)10-6-11(15-7-12(10)16-17-14)8-2-4-9(5-3-8)18(20)21/h2-7H,1H3. The van der Waals surface area contributed by atoms with Gasteiger partial charge >= 0.3 is 5.97 Å². The molecule has 0 N–H and O–H groups in total. The van der Waals surface area contributed by atoms with Gasteiger partial charge in [0.2, 0.25) is 0 Å². The highest BCUT2D eigenvalue weighted by molar-refractivity contribution is 5.95. The molecule has 0 radical (unpaired) electrons. The zero-order valence-electron chi connectivity index (χ0n) is 11.3. The Hall–Kier alpha value is -3.45. The Labute approximate surface area is 123 Å². The number of carbonyl (C=O) groups is 1. The molecule has 110 valence electrons. The second kappa shape index (κ2) is 6.33. The highest BCUT2D eigenvalue weighted by Crippen LogP contribution is 2.26.